The van der Waals surface area contributed by atoms with Crippen LogP contribution in [0.15, 0.2) is 60.8 Å². The van der Waals surface area contributed by atoms with E-state index >= 15 is 0 Å². The highest BCUT2D eigenvalue weighted by molar-refractivity contribution is 5.92. The molecule has 0 radical (unpaired) electrons. The summed E-state index contributed by atoms with van der Waals surface area (Å²) in [5, 5.41) is 0.990. The summed E-state index contributed by atoms with van der Waals surface area (Å²) < 4.78 is 12.9. The first-order valence-electron chi connectivity index (χ1n) is 12.5. The van der Waals surface area contributed by atoms with Crippen molar-refractivity contribution in [2.45, 2.75) is 77.7 Å². The lowest BCUT2D eigenvalue weighted by molar-refractivity contribution is -0.134. The number of ether oxygens (including phenoxy) is 2. The molecule has 1 fully saturated rings. The van der Waals surface area contributed by atoms with Gasteiger partial charge >= 0.3 is 6.09 Å². The van der Waals surface area contributed by atoms with Crippen LogP contribution in [0.25, 0.3) is 10.9 Å². The molecule has 1 aliphatic rings. The summed E-state index contributed by atoms with van der Waals surface area (Å²) in [6.45, 7) is 10.3. The lowest BCUT2D eigenvalue weighted by Crippen LogP contribution is -2.38. The third-order valence-electron chi connectivity index (χ3n) is 6.44. The number of rotatable bonds is 8. The summed E-state index contributed by atoms with van der Waals surface area (Å²) >= 11 is 0. The number of carbonyl (C=O) groups excluding carboxylic acids is 2. The SMILES string of the molecule is CCC[C@H]1O[C@@H]1C(=O)N(CCc1cn(C(=O)OC(C)(C)C)c2ccccc12)[C@@H](C)c1ccccc1. The van der Waals surface area contributed by atoms with Crippen LogP contribution in [-0.4, -0.2) is 45.8 Å². The third-order valence-corrected chi connectivity index (χ3v) is 6.44. The zero-order chi connectivity index (χ0) is 25.2. The minimum Gasteiger partial charge on any atom is -0.443 e. The van der Waals surface area contributed by atoms with Crippen molar-refractivity contribution in [1.82, 2.24) is 9.47 Å². The number of nitrogens with zero attached hydrogens (tertiary/aromatic N) is 2. The number of benzene rings is 2. The van der Waals surface area contributed by atoms with E-state index in [9.17, 15) is 9.59 Å². The van der Waals surface area contributed by atoms with Crippen LogP contribution in [-0.2, 0) is 20.7 Å². The molecule has 0 spiro atoms. The molecule has 1 amide bonds. The summed E-state index contributed by atoms with van der Waals surface area (Å²) in [6.07, 6.45) is 3.61. The van der Waals surface area contributed by atoms with E-state index < -0.39 is 11.7 Å². The Hall–Kier alpha value is -3.12. The van der Waals surface area contributed by atoms with Crippen molar-refractivity contribution in [1.29, 1.82) is 0 Å². The van der Waals surface area contributed by atoms with Gasteiger partial charge in [-0.1, -0.05) is 61.9 Å². The van der Waals surface area contributed by atoms with Gasteiger partial charge in [-0.25, -0.2) is 4.79 Å². The van der Waals surface area contributed by atoms with Gasteiger partial charge in [-0.05, 0) is 57.7 Å². The average Bonchev–Trinajstić information content (AvgIpc) is 3.50. The number of carbonyl (C=O) groups is 2. The van der Waals surface area contributed by atoms with E-state index in [4.69, 9.17) is 9.47 Å². The van der Waals surface area contributed by atoms with Gasteiger partial charge in [0.1, 0.15) is 5.60 Å². The number of hydrogen-bond donors (Lipinski definition) is 0. The molecule has 6 nitrogen and oxygen atoms in total. The average molecular weight is 477 g/mol. The Morgan fingerprint density at radius 3 is 2.46 bits per heavy atom. The summed E-state index contributed by atoms with van der Waals surface area (Å²) in [6, 6.07) is 17.8. The van der Waals surface area contributed by atoms with E-state index in [0.29, 0.717) is 13.0 Å². The molecule has 1 aliphatic heterocycles. The highest BCUT2D eigenvalue weighted by Crippen LogP contribution is 2.32. The zero-order valence-electron chi connectivity index (χ0n) is 21.4. The molecule has 2 heterocycles. The molecular formula is C29H36N2O4. The number of hydrogen-bond acceptors (Lipinski definition) is 4. The summed E-state index contributed by atoms with van der Waals surface area (Å²) in [5.74, 6) is 0.0377. The predicted molar refractivity (Wildman–Crippen MR) is 137 cm³/mol. The van der Waals surface area contributed by atoms with Crippen LogP contribution in [0.4, 0.5) is 4.79 Å². The second-order valence-corrected chi connectivity index (χ2v) is 10.3. The van der Waals surface area contributed by atoms with Crippen molar-refractivity contribution >= 4 is 22.9 Å². The fraction of sp³-hybridized carbons (Fsp3) is 0.448. The van der Waals surface area contributed by atoms with Crippen LogP contribution >= 0.6 is 0 Å². The van der Waals surface area contributed by atoms with Crippen molar-refractivity contribution in [2.75, 3.05) is 6.54 Å². The Kier molecular flexibility index (Phi) is 7.31. The Labute approximate surface area is 207 Å². The van der Waals surface area contributed by atoms with E-state index in [-0.39, 0.29) is 24.2 Å². The first-order valence-corrected chi connectivity index (χ1v) is 12.5. The molecule has 0 aliphatic carbocycles. The normalized spacial score (nSPS) is 18.3. The van der Waals surface area contributed by atoms with Gasteiger partial charge in [0.2, 0.25) is 0 Å². The second kappa shape index (κ2) is 10.2. The molecule has 6 heteroatoms. The topological polar surface area (TPSA) is 64.1 Å². The molecule has 2 aromatic carbocycles. The maximum absolute atomic E-state index is 13.5. The molecule has 186 valence electrons. The van der Waals surface area contributed by atoms with Gasteiger partial charge in [-0.15, -0.1) is 0 Å². The van der Waals surface area contributed by atoms with E-state index in [1.54, 1.807) is 4.57 Å². The van der Waals surface area contributed by atoms with Crippen molar-refractivity contribution in [3.05, 3.63) is 71.9 Å². The fourth-order valence-electron chi connectivity index (χ4n) is 4.59. The third kappa shape index (κ3) is 5.76. The number of para-hydroxylation sites is 1. The summed E-state index contributed by atoms with van der Waals surface area (Å²) in [4.78, 5) is 28.3. The highest BCUT2D eigenvalue weighted by Gasteiger charge is 2.46. The van der Waals surface area contributed by atoms with Crippen molar-refractivity contribution in [3.63, 3.8) is 0 Å². The van der Waals surface area contributed by atoms with E-state index in [1.807, 2.05) is 74.3 Å². The van der Waals surface area contributed by atoms with Crippen LogP contribution in [0.5, 0.6) is 0 Å². The predicted octanol–water partition coefficient (Wildman–Crippen LogP) is 6.12. The molecule has 0 saturated carbocycles. The van der Waals surface area contributed by atoms with Gasteiger partial charge in [-0.3, -0.25) is 9.36 Å². The lowest BCUT2D eigenvalue weighted by atomic mass is 10.0. The summed E-state index contributed by atoms with van der Waals surface area (Å²) in [5.41, 5.74) is 2.31. The number of aromatic nitrogens is 1. The molecule has 0 unspecified atom stereocenters. The Bertz CT molecular complexity index is 1180. The first kappa shape index (κ1) is 25.0. The molecule has 4 rings (SSSR count). The minimum atomic E-state index is -0.587. The Morgan fingerprint density at radius 1 is 1.09 bits per heavy atom. The van der Waals surface area contributed by atoms with Gasteiger partial charge in [0.25, 0.3) is 5.91 Å². The standard InChI is InChI=1S/C29H36N2O4/c1-6-12-25-26(34-25)27(32)30(20(2)21-13-8-7-9-14-21)18-17-22-19-31(28(33)35-29(3,4)5)24-16-11-10-15-23(22)24/h7-11,13-16,19-20,25-26H,6,12,17-18H2,1-5H3/t20-,25+,26-/m0/s1. The maximum Gasteiger partial charge on any atom is 0.419 e. The molecule has 3 aromatic rings. The number of epoxide rings is 1. The van der Waals surface area contributed by atoms with Gasteiger partial charge in [0.15, 0.2) is 6.10 Å². The highest BCUT2D eigenvalue weighted by atomic mass is 16.6. The Balaban J connectivity index is 1.59. The molecule has 1 saturated heterocycles. The second-order valence-electron chi connectivity index (χ2n) is 10.3. The smallest absolute Gasteiger partial charge is 0.419 e. The first-order chi connectivity index (χ1) is 16.7. The number of fused-ring (bicyclic) bond motifs is 1. The van der Waals surface area contributed by atoms with Crippen LogP contribution in [0.1, 0.15) is 64.6 Å². The van der Waals surface area contributed by atoms with Gasteiger partial charge in [0, 0.05) is 18.1 Å². The van der Waals surface area contributed by atoms with Gasteiger partial charge < -0.3 is 14.4 Å². The molecule has 3 atom stereocenters. The van der Waals surface area contributed by atoms with E-state index in [0.717, 1.165) is 34.9 Å². The molecular weight excluding hydrogens is 440 g/mol. The van der Waals surface area contributed by atoms with Crippen LogP contribution in [0, 0.1) is 0 Å². The van der Waals surface area contributed by atoms with E-state index in [1.165, 1.54) is 0 Å². The summed E-state index contributed by atoms with van der Waals surface area (Å²) in [7, 11) is 0. The largest absolute Gasteiger partial charge is 0.443 e. The maximum atomic E-state index is 13.5. The quantitative estimate of drug-likeness (QED) is 0.367. The molecule has 0 bridgehead atoms. The van der Waals surface area contributed by atoms with Crippen molar-refractivity contribution < 1.29 is 19.1 Å². The van der Waals surface area contributed by atoms with Crippen molar-refractivity contribution in [2.24, 2.45) is 0 Å². The minimum absolute atomic E-state index is 0.0204. The van der Waals surface area contributed by atoms with E-state index in [2.05, 4.69) is 26.0 Å². The number of amides is 1. The molecule has 35 heavy (non-hydrogen) atoms. The van der Waals surface area contributed by atoms with Gasteiger partial charge in [0.05, 0.1) is 17.7 Å². The zero-order valence-corrected chi connectivity index (χ0v) is 21.4. The lowest BCUT2D eigenvalue weighted by Gasteiger charge is -2.29. The fourth-order valence-corrected chi connectivity index (χ4v) is 4.59. The van der Waals surface area contributed by atoms with Gasteiger partial charge in [-0.2, -0.15) is 0 Å². The van der Waals surface area contributed by atoms with Crippen LogP contribution in [0.2, 0.25) is 0 Å². The molecule has 0 N–H and O–H groups in total. The van der Waals surface area contributed by atoms with Crippen LogP contribution in [0.3, 0.4) is 0 Å². The van der Waals surface area contributed by atoms with Crippen molar-refractivity contribution in [3.8, 4) is 0 Å². The van der Waals surface area contributed by atoms with Crippen LogP contribution < -0.4 is 0 Å². The molecule has 1 aromatic heterocycles. The monoisotopic (exact) mass is 476 g/mol. The Morgan fingerprint density at radius 2 is 1.77 bits per heavy atom.